The SMILES string of the molecule is CCCCC[C@H](CN(O)C=O)C(=O)NCNC(=O)Oc1ccc2c(c1)OCCO2. The van der Waals surface area contributed by atoms with E-state index in [4.69, 9.17) is 14.2 Å². The summed E-state index contributed by atoms with van der Waals surface area (Å²) in [5, 5.41) is 14.8. The van der Waals surface area contributed by atoms with E-state index in [-0.39, 0.29) is 31.3 Å². The molecule has 0 saturated heterocycles. The van der Waals surface area contributed by atoms with Gasteiger partial charge in [0, 0.05) is 6.07 Å². The maximum absolute atomic E-state index is 12.3. The van der Waals surface area contributed by atoms with Gasteiger partial charge in [0.2, 0.25) is 12.3 Å². The number of nitrogens with one attached hydrogen (secondary N) is 2. The van der Waals surface area contributed by atoms with Gasteiger partial charge in [-0.05, 0) is 18.6 Å². The Morgan fingerprint density at radius 1 is 1.24 bits per heavy atom. The predicted octanol–water partition coefficient (Wildman–Crippen LogP) is 1.66. The molecule has 2 rings (SSSR count). The number of carbonyl (C=O) groups excluding carboxylic acids is 3. The van der Waals surface area contributed by atoms with Crippen molar-refractivity contribution in [1.29, 1.82) is 0 Å². The van der Waals surface area contributed by atoms with Crippen LogP contribution in [0.2, 0.25) is 0 Å². The van der Waals surface area contributed by atoms with E-state index in [0.717, 1.165) is 19.3 Å². The van der Waals surface area contributed by atoms with Crippen LogP contribution in [0.3, 0.4) is 0 Å². The molecule has 0 spiro atoms. The fourth-order valence-electron chi connectivity index (χ4n) is 2.79. The van der Waals surface area contributed by atoms with Crippen LogP contribution in [-0.2, 0) is 9.59 Å². The summed E-state index contributed by atoms with van der Waals surface area (Å²) in [6.45, 7) is 2.66. The second-order valence-electron chi connectivity index (χ2n) is 6.51. The molecule has 1 aliphatic rings. The molecule has 160 valence electrons. The molecular weight excluding hydrogens is 382 g/mol. The van der Waals surface area contributed by atoms with Gasteiger partial charge in [0.15, 0.2) is 11.5 Å². The van der Waals surface area contributed by atoms with Crippen LogP contribution in [0.1, 0.15) is 32.6 Å². The minimum atomic E-state index is -0.749. The molecule has 0 aromatic heterocycles. The molecule has 0 radical (unpaired) electrons. The van der Waals surface area contributed by atoms with Crippen molar-refractivity contribution in [3.05, 3.63) is 18.2 Å². The number of amides is 3. The van der Waals surface area contributed by atoms with Crippen molar-refractivity contribution in [3.63, 3.8) is 0 Å². The van der Waals surface area contributed by atoms with Gasteiger partial charge < -0.3 is 24.8 Å². The summed E-state index contributed by atoms with van der Waals surface area (Å²) in [5.74, 6) is 0.401. The van der Waals surface area contributed by atoms with Crippen LogP contribution >= 0.6 is 0 Å². The molecule has 3 N–H and O–H groups in total. The first kappa shape index (κ1) is 22.3. The molecule has 1 heterocycles. The molecule has 1 atom stereocenters. The lowest BCUT2D eigenvalue weighted by molar-refractivity contribution is -0.154. The van der Waals surface area contributed by atoms with Gasteiger partial charge in [0.05, 0.1) is 19.1 Å². The molecule has 1 aromatic carbocycles. The standard InChI is InChI=1S/C19H27N3O7/c1-2-3-4-5-14(11-22(26)13-23)18(24)20-12-21-19(25)29-15-6-7-16-17(10-15)28-9-8-27-16/h6-7,10,13-14,26H,2-5,8-9,11-12H2,1H3,(H,20,24)(H,21,25)/t14-/m1/s1. The number of rotatable bonds is 11. The fraction of sp³-hybridized carbons (Fsp3) is 0.526. The van der Waals surface area contributed by atoms with E-state index in [9.17, 15) is 19.6 Å². The minimum Gasteiger partial charge on any atom is -0.486 e. The van der Waals surface area contributed by atoms with Crippen molar-refractivity contribution in [3.8, 4) is 17.2 Å². The Balaban J connectivity index is 1.77. The Bertz CT molecular complexity index is 698. The predicted molar refractivity (Wildman–Crippen MR) is 102 cm³/mol. The van der Waals surface area contributed by atoms with Gasteiger partial charge in [-0.3, -0.25) is 14.8 Å². The normalized spacial score (nSPS) is 13.2. The number of nitrogens with zero attached hydrogens (tertiary/aromatic N) is 1. The Morgan fingerprint density at radius 3 is 2.72 bits per heavy atom. The molecule has 0 saturated carbocycles. The van der Waals surface area contributed by atoms with Crippen LogP contribution in [0.15, 0.2) is 18.2 Å². The highest BCUT2D eigenvalue weighted by Crippen LogP contribution is 2.33. The highest BCUT2D eigenvalue weighted by Gasteiger charge is 2.20. The molecule has 29 heavy (non-hydrogen) atoms. The van der Waals surface area contributed by atoms with E-state index in [1.165, 1.54) is 0 Å². The number of hydroxylamine groups is 2. The number of hydrogen-bond donors (Lipinski definition) is 3. The zero-order chi connectivity index (χ0) is 21.1. The van der Waals surface area contributed by atoms with Gasteiger partial charge in [0.1, 0.15) is 19.0 Å². The molecule has 1 aromatic rings. The van der Waals surface area contributed by atoms with Gasteiger partial charge in [-0.1, -0.05) is 26.2 Å². The largest absolute Gasteiger partial charge is 0.486 e. The molecule has 0 bridgehead atoms. The van der Waals surface area contributed by atoms with Crippen LogP contribution in [0, 0.1) is 5.92 Å². The molecule has 10 nitrogen and oxygen atoms in total. The van der Waals surface area contributed by atoms with E-state index in [2.05, 4.69) is 10.6 Å². The highest BCUT2D eigenvalue weighted by molar-refractivity contribution is 5.79. The second kappa shape index (κ2) is 11.7. The van der Waals surface area contributed by atoms with Crippen LogP contribution in [0.4, 0.5) is 4.79 Å². The average Bonchev–Trinajstić information content (AvgIpc) is 2.72. The molecule has 0 aliphatic carbocycles. The Labute approximate surface area is 169 Å². The molecule has 10 heteroatoms. The topological polar surface area (TPSA) is 126 Å². The number of ether oxygens (including phenoxy) is 3. The molecule has 0 fully saturated rings. The van der Waals surface area contributed by atoms with Crippen LogP contribution < -0.4 is 24.8 Å². The number of benzene rings is 1. The minimum absolute atomic E-state index is 0.110. The van der Waals surface area contributed by atoms with Crippen molar-refractivity contribution in [2.75, 3.05) is 26.4 Å². The van der Waals surface area contributed by atoms with E-state index in [0.29, 0.717) is 36.2 Å². The summed E-state index contributed by atoms with van der Waals surface area (Å²) in [5.41, 5.74) is 0. The van der Waals surface area contributed by atoms with E-state index in [1.807, 2.05) is 6.92 Å². The Morgan fingerprint density at radius 2 is 2.00 bits per heavy atom. The zero-order valence-corrected chi connectivity index (χ0v) is 16.4. The summed E-state index contributed by atoms with van der Waals surface area (Å²) in [6.07, 6.45) is 2.74. The maximum Gasteiger partial charge on any atom is 0.413 e. The first-order valence-electron chi connectivity index (χ1n) is 9.57. The Hall–Kier alpha value is -3.01. The summed E-state index contributed by atoms with van der Waals surface area (Å²) in [6, 6.07) is 4.77. The van der Waals surface area contributed by atoms with Gasteiger partial charge in [0.25, 0.3) is 0 Å². The number of hydrogen-bond acceptors (Lipinski definition) is 7. The molecule has 1 aliphatic heterocycles. The average molecular weight is 409 g/mol. The fourth-order valence-corrected chi connectivity index (χ4v) is 2.79. The third kappa shape index (κ3) is 7.49. The van der Waals surface area contributed by atoms with Crippen molar-refractivity contribution in [2.45, 2.75) is 32.6 Å². The second-order valence-corrected chi connectivity index (χ2v) is 6.51. The maximum atomic E-state index is 12.3. The van der Waals surface area contributed by atoms with Crippen molar-refractivity contribution < 1.29 is 33.8 Å². The van der Waals surface area contributed by atoms with Gasteiger partial charge >= 0.3 is 6.09 Å². The van der Waals surface area contributed by atoms with Gasteiger partial charge in [-0.15, -0.1) is 0 Å². The summed E-state index contributed by atoms with van der Waals surface area (Å²) < 4.78 is 16.0. The van der Waals surface area contributed by atoms with Gasteiger partial charge in [-0.25, -0.2) is 9.86 Å². The molecule has 0 unspecified atom stereocenters. The molecular formula is C19H27N3O7. The first-order chi connectivity index (χ1) is 14.0. The lowest BCUT2D eigenvalue weighted by atomic mass is 10.0. The van der Waals surface area contributed by atoms with Crippen LogP contribution in [0.25, 0.3) is 0 Å². The summed E-state index contributed by atoms with van der Waals surface area (Å²) in [7, 11) is 0. The monoisotopic (exact) mass is 409 g/mol. The van der Waals surface area contributed by atoms with E-state index < -0.39 is 12.0 Å². The third-order valence-corrected chi connectivity index (χ3v) is 4.28. The highest BCUT2D eigenvalue weighted by atomic mass is 16.6. The lowest BCUT2D eigenvalue weighted by Crippen LogP contribution is -2.43. The van der Waals surface area contributed by atoms with Crippen LogP contribution in [0.5, 0.6) is 17.2 Å². The summed E-state index contributed by atoms with van der Waals surface area (Å²) in [4.78, 5) is 34.8. The van der Waals surface area contributed by atoms with E-state index in [1.54, 1.807) is 18.2 Å². The summed E-state index contributed by atoms with van der Waals surface area (Å²) >= 11 is 0. The molecule has 3 amide bonds. The van der Waals surface area contributed by atoms with E-state index >= 15 is 0 Å². The van der Waals surface area contributed by atoms with Gasteiger partial charge in [-0.2, -0.15) is 0 Å². The van der Waals surface area contributed by atoms with Crippen molar-refractivity contribution in [2.24, 2.45) is 5.92 Å². The lowest BCUT2D eigenvalue weighted by Gasteiger charge is -2.20. The van der Waals surface area contributed by atoms with Crippen molar-refractivity contribution in [1.82, 2.24) is 15.7 Å². The zero-order valence-electron chi connectivity index (χ0n) is 16.4. The third-order valence-electron chi connectivity index (χ3n) is 4.28. The number of fused-ring (bicyclic) bond motifs is 1. The Kier molecular flexibility index (Phi) is 9.03. The quantitative estimate of drug-likeness (QED) is 0.167. The number of unbranched alkanes of at least 4 members (excludes halogenated alkanes) is 2. The first-order valence-corrected chi connectivity index (χ1v) is 9.57. The number of carbonyl (C=O) groups is 3. The van der Waals surface area contributed by atoms with Crippen LogP contribution in [-0.4, -0.2) is 55.1 Å². The smallest absolute Gasteiger partial charge is 0.413 e. The van der Waals surface area contributed by atoms with Crippen molar-refractivity contribution >= 4 is 18.4 Å².